The van der Waals surface area contributed by atoms with E-state index >= 15 is 0 Å². The Hall–Kier alpha value is -2.62. The zero-order valence-corrected chi connectivity index (χ0v) is 15.0. The molecule has 0 saturated heterocycles. The normalized spacial score (nSPS) is 10.3. The van der Waals surface area contributed by atoms with Gasteiger partial charge in [0.25, 0.3) is 0 Å². The summed E-state index contributed by atoms with van der Waals surface area (Å²) < 4.78 is 0. The predicted molar refractivity (Wildman–Crippen MR) is 101 cm³/mol. The molecule has 0 saturated carbocycles. The second-order valence-corrected chi connectivity index (χ2v) is 6.21. The van der Waals surface area contributed by atoms with Crippen LogP contribution in [0.15, 0.2) is 54.6 Å². The van der Waals surface area contributed by atoms with Gasteiger partial charge in [-0.15, -0.1) is 0 Å². The van der Waals surface area contributed by atoms with E-state index in [9.17, 15) is 9.59 Å². The monoisotopic (exact) mass is 338 g/mol. The molecule has 4 heteroatoms. The van der Waals surface area contributed by atoms with Gasteiger partial charge in [-0.05, 0) is 37.0 Å². The highest BCUT2D eigenvalue weighted by Crippen LogP contribution is 2.13. The van der Waals surface area contributed by atoms with Crippen LogP contribution in [0.5, 0.6) is 0 Å². The predicted octanol–water partition coefficient (Wildman–Crippen LogP) is 3.80. The first-order valence-corrected chi connectivity index (χ1v) is 8.71. The van der Waals surface area contributed by atoms with E-state index in [-0.39, 0.29) is 11.8 Å². The van der Waals surface area contributed by atoms with Crippen molar-refractivity contribution in [2.45, 2.75) is 33.1 Å². The molecule has 0 aromatic heterocycles. The molecule has 0 bridgehead atoms. The third-order valence-corrected chi connectivity index (χ3v) is 4.21. The Morgan fingerprint density at radius 3 is 2.32 bits per heavy atom. The highest BCUT2D eigenvalue weighted by molar-refractivity contribution is 5.91. The molecule has 4 nitrogen and oxygen atoms in total. The van der Waals surface area contributed by atoms with Crippen molar-refractivity contribution >= 4 is 17.5 Å². The molecule has 2 aromatic rings. The maximum atomic E-state index is 12.1. The number of nitrogens with one attached hydrogen (secondary N) is 1. The molecule has 132 valence electrons. The molecule has 0 aliphatic heterocycles. The number of para-hydroxylation sites is 1. The van der Waals surface area contributed by atoms with Gasteiger partial charge >= 0.3 is 0 Å². The largest absolute Gasteiger partial charge is 0.342 e. The van der Waals surface area contributed by atoms with Crippen molar-refractivity contribution in [3.05, 3.63) is 65.7 Å². The van der Waals surface area contributed by atoms with Crippen LogP contribution in [0.3, 0.4) is 0 Å². The molecule has 2 aromatic carbocycles. The van der Waals surface area contributed by atoms with Crippen LogP contribution in [-0.2, 0) is 16.0 Å². The van der Waals surface area contributed by atoms with Crippen LogP contribution in [0.1, 0.15) is 30.9 Å². The Labute approximate surface area is 149 Å². The van der Waals surface area contributed by atoms with Crippen molar-refractivity contribution in [2.75, 3.05) is 18.4 Å². The maximum absolute atomic E-state index is 12.1. The van der Waals surface area contributed by atoms with Crippen LogP contribution in [0.2, 0.25) is 0 Å². The number of carbonyl (C=O) groups excluding carboxylic acids is 2. The minimum Gasteiger partial charge on any atom is -0.342 e. The lowest BCUT2D eigenvalue weighted by atomic mass is 10.1. The number of hydrogen-bond donors (Lipinski definition) is 1. The first-order chi connectivity index (χ1) is 12.1. The molecule has 0 fully saturated rings. The molecule has 0 aliphatic carbocycles. The Morgan fingerprint density at radius 1 is 0.960 bits per heavy atom. The summed E-state index contributed by atoms with van der Waals surface area (Å²) in [5.74, 6) is -0.0552. The van der Waals surface area contributed by atoms with Crippen molar-refractivity contribution in [1.82, 2.24) is 4.90 Å². The summed E-state index contributed by atoms with van der Waals surface area (Å²) in [5.41, 5.74) is 3.12. The molecular formula is C21H26N2O2. The van der Waals surface area contributed by atoms with E-state index in [4.69, 9.17) is 0 Å². The van der Waals surface area contributed by atoms with Gasteiger partial charge in [-0.2, -0.15) is 0 Å². The molecule has 1 N–H and O–H groups in total. The molecule has 0 radical (unpaired) electrons. The maximum Gasteiger partial charge on any atom is 0.226 e. The third kappa shape index (κ3) is 6.42. The molecule has 0 heterocycles. The van der Waals surface area contributed by atoms with Gasteiger partial charge in [0.2, 0.25) is 11.8 Å². The van der Waals surface area contributed by atoms with E-state index < -0.39 is 0 Å². The minimum absolute atomic E-state index is 0.0109. The zero-order chi connectivity index (χ0) is 18.1. The van der Waals surface area contributed by atoms with Crippen LogP contribution < -0.4 is 5.32 Å². The smallest absolute Gasteiger partial charge is 0.226 e. The number of nitrogens with zero attached hydrogens (tertiary/aromatic N) is 1. The lowest BCUT2D eigenvalue weighted by Crippen LogP contribution is -2.33. The first-order valence-electron chi connectivity index (χ1n) is 8.71. The van der Waals surface area contributed by atoms with Crippen molar-refractivity contribution in [2.24, 2.45) is 0 Å². The average molecular weight is 338 g/mol. The van der Waals surface area contributed by atoms with E-state index in [0.29, 0.717) is 19.5 Å². The highest BCUT2D eigenvalue weighted by Gasteiger charge is 2.11. The lowest BCUT2D eigenvalue weighted by Gasteiger charge is -2.21. The van der Waals surface area contributed by atoms with Crippen molar-refractivity contribution in [1.29, 1.82) is 0 Å². The number of hydrogen-bond acceptors (Lipinski definition) is 2. The number of carbonyl (C=O) groups is 2. The van der Waals surface area contributed by atoms with E-state index in [1.165, 1.54) is 5.56 Å². The first kappa shape index (κ1) is 18.7. The second kappa shape index (κ2) is 9.62. The molecule has 0 aliphatic rings. The van der Waals surface area contributed by atoms with Gasteiger partial charge in [0.05, 0.1) is 0 Å². The summed E-state index contributed by atoms with van der Waals surface area (Å²) in [6, 6.07) is 17.9. The Morgan fingerprint density at radius 2 is 1.64 bits per heavy atom. The molecule has 25 heavy (non-hydrogen) atoms. The van der Waals surface area contributed by atoms with Gasteiger partial charge in [-0.3, -0.25) is 9.59 Å². The minimum atomic E-state index is -0.0661. The third-order valence-electron chi connectivity index (χ3n) is 4.21. The molecule has 0 spiro atoms. The second-order valence-electron chi connectivity index (χ2n) is 6.21. The van der Waals surface area contributed by atoms with Gasteiger partial charge < -0.3 is 10.2 Å². The number of amides is 2. The summed E-state index contributed by atoms with van der Waals surface area (Å²) in [6.45, 7) is 4.63. The fourth-order valence-corrected chi connectivity index (χ4v) is 2.71. The fourth-order valence-electron chi connectivity index (χ4n) is 2.71. The fraction of sp³-hybridized carbons (Fsp3) is 0.333. The molecule has 2 amide bonds. The number of rotatable bonds is 8. The van der Waals surface area contributed by atoms with Crippen LogP contribution in [-0.4, -0.2) is 29.8 Å². The lowest BCUT2D eigenvalue weighted by molar-refractivity contribution is -0.129. The summed E-state index contributed by atoms with van der Waals surface area (Å²) in [6.07, 6.45) is 2.13. The van der Waals surface area contributed by atoms with Crippen molar-refractivity contribution in [3.8, 4) is 0 Å². The van der Waals surface area contributed by atoms with Crippen molar-refractivity contribution in [3.63, 3.8) is 0 Å². The molecule has 2 rings (SSSR count). The SMILES string of the molecule is CC(=O)N(CCCc1ccccc1)CCC(=O)Nc1ccccc1C. The van der Waals surface area contributed by atoms with Crippen LogP contribution in [0.4, 0.5) is 5.69 Å². The van der Waals surface area contributed by atoms with Crippen LogP contribution >= 0.6 is 0 Å². The summed E-state index contributed by atoms with van der Waals surface area (Å²) in [4.78, 5) is 25.7. The summed E-state index contributed by atoms with van der Waals surface area (Å²) in [7, 11) is 0. The van der Waals surface area contributed by atoms with E-state index in [1.54, 1.807) is 11.8 Å². The van der Waals surface area contributed by atoms with E-state index in [2.05, 4.69) is 17.4 Å². The van der Waals surface area contributed by atoms with Gasteiger partial charge in [-0.1, -0.05) is 48.5 Å². The standard InChI is InChI=1S/C21H26N2O2/c1-17-9-6-7-13-20(17)22-21(25)14-16-23(18(2)24)15-8-12-19-10-4-3-5-11-19/h3-7,9-11,13H,8,12,14-16H2,1-2H3,(H,22,25). The van der Waals surface area contributed by atoms with Crippen LogP contribution in [0, 0.1) is 6.92 Å². The summed E-state index contributed by atoms with van der Waals surface area (Å²) in [5, 5.41) is 2.91. The topological polar surface area (TPSA) is 49.4 Å². The average Bonchev–Trinajstić information content (AvgIpc) is 2.60. The molecule has 0 unspecified atom stereocenters. The van der Waals surface area contributed by atoms with Gasteiger partial charge in [-0.25, -0.2) is 0 Å². The van der Waals surface area contributed by atoms with E-state index in [1.807, 2.05) is 49.4 Å². The van der Waals surface area contributed by atoms with Gasteiger partial charge in [0, 0.05) is 32.1 Å². The van der Waals surface area contributed by atoms with Crippen LogP contribution in [0.25, 0.3) is 0 Å². The van der Waals surface area contributed by atoms with Gasteiger partial charge in [0.15, 0.2) is 0 Å². The quantitative estimate of drug-likeness (QED) is 0.796. The molecular weight excluding hydrogens is 312 g/mol. The number of anilines is 1. The Bertz CT molecular complexity index is 698. The summed E-state index contributed by atoms with van der Waals surface area (Å²) >= 11 is 0. The van der Waals surface area contributed by atoms with Gasteiger partial charge in [0.1, 0.15) is 0 Å². The van der Waals surface area contributed by atoms with E-state index in [0.717, 1.165) is 24.1 Å². The number of benzene rings is 2. The highest BCUT2D eigenvalue weighted by atomic mass is 16.2. The zero-order valence-electron chi connectivity index (χ0n) is 15.0. The Kier molecular flexibility index (Phi) is 7.20. The van der Waals surface area contributed by atoms with Crippen molar-refractivity contribution < 1.29 is 9.59 Å². The number of aryl methyl sites for hydroxylation is 2. The Balaban J connectivity index is 1.78. The molecule has 0 atom stereocenters.